The Morgan fingerprint density at radius 1 is 1.03 bits per heavy atom. The number of urea groups is 1. The Kier molecular flexibility index (Phi) is 5.81. The molecule has 2 saturated heterocycles. The van der Waals surface area contributed by atoms with E-state index in [1.165, 1.54) is 28.7 Å². The quantitative estimate of drug-likeness (QED) is 0.429. The van der Waals surface area contributed by atoms with E-state index in [-0.39, 0.29) is 29.7 Å². The van der Waals surface area contributed by atoms with Gasteiger partial charge >= 0.3 is 12.2 Å². The Morgan fingerprint density at radius 2 is 1.79 bits per heavy atom. The zero-order chi connectivity index (χ0) is 27.5. The fraction of sp³-hybridized carbons (Fsp3) is 0.346. The molecule has 0 bridgehead atoms. The second kappa shape index (κ2) is 9.10. The highest BCUT2D eigenvalue weighted by Crippen LogP contribution is 2.32. The summed E-state index contributed by atoms with van der Waals surface area (Å²) in [7, 11) is 1.53. The Hall–Kier alpha value is -4.42. The van der Waals surface area contributed by atoms with Crippen LogP contribution in [0.4, 0.5) is 23.9 Å². The number of pyridine rings is 1. The van der Waals surface area contributed by atoms with E-state index in [9.17, 15) is 22.8 Å². The van der Waals surface area contributed by atoms with Crippen molar-refractivity contribution in [1.82, 2.24) is 34.5 Å². The molecule has 1 N–H and O–H groups in total. The summed E-state index contributed by atoms with van der Waals surface area (Å²) in [5.74, 6) is 0.557. The van der Waals surface area contributed by atoms with Crippen LogP contribution in [-0.2, 0) is 19.8 Å². The van der Waals surface area contributed by atoms with Gasteiger partial charge in [0.1, 0.15) is 5.69 Å². The maximum absolute atomic E-state index is 13.7. The van der Waals surface area contributed by atoms with E-state index in [0.29, 0.717) is 54.2 Å². The highest BCUT2D eigenvalue weighted by atomic mass is 19.4. The molecule has 0 spiro atoms. The molecule has 1 unspecified atom stereocenters. The van der Waals surface area contributed by atoms with Crippen LogP contribution in [0.3, 0.4) is 0 Å². The van der Waals surface area contributed by atoms with Crippen molar-refractivity contribution in [3.8, 4) is 11.1 Å². The number of benzene rings is 1. The minimum Gasteiger partial charge on any atom is -0.337 e. The second-order valence-corrected chi connectivity index (χ2v) is 9.89. The van der Waals surface area contributed by atoms with Crippen molar-refractivity contribution in [2.45, 2.75) is 25.7 Å². The first-order valence-electron chi connectivity index (χ1n) is 12.4. The fourth-order valence-corrected chi connectivity index (χ4v) is 5.33. The Balaban J connectivity index is 1.32. The van der Waals surface area contributed by atoms with E-state index in [1.807, 2.05) is 9.80 Å². The van der Waals surface area contributed by atoms with Crippen molar-refractivity contribution in [2.75, 3.05) is 31.1 Å². The first kappa shape index (κ1) is 24.9. The number of hydrogen-bond acceptors (Lipinski definition) is 6. The van der Waals surface area contributed by atoms with E-state index in [1.54, 1.807) is 37.5 Å². The summed E-state index contributed by atoms with van der Waals surface area (Å²) in [5.41, 5.74) is 1.21. The normalized spacial score (nSPS) is 17.6. The smallest absolute Gasteiger partial charge is 0.337 e. The number of piperazine rings is 1. The van der Waals surface area contributed by atoms with E-state index in [4.69, 9.17) is 0 Å². The average Bonchev–Trinajstić information content (AvgIpc) is 3.40. The van der Waals surface area contributed by atoms with Crippen LogP contribution in [0, 0.1) is 6.92 Å². The van der Waals surface area contributed by atoms with E-state index in [2.05, 4.69) is 20.3 Å². The van der Waals surface area contributed by atoms with Gasteiger partial charge in [0.2, 0.25) is 5.95 Å². The van der Waals surface area contributed by atoms with Crippen LogP contribution in [-0.4, -0.2) is 67.5 Å². The number of carbonyl (C=O) groups is 1. The van der Waals surface area contributed by atoms with Crippen molar-refractivity contribution in [3.05, 3.63) is 70.0 Å². The summed E-state index contributed by atoms with van der Waals surface area (Å²) in [6.45, 7) is 3.94. The minimum absolute atomic E-state index is 0.0210. The van der Waals surface area contributed by atoms with Gasteiger partial charge in [-0.25, -0.2) is 14.8 Å². The Morgan fingerprint density at radius 3 is 2.54 bits per heavy atom. The molecule has 0 radical (unpaired) electrons. The van der Waals surface area contributed by atoms with Gasteiger partial charge in [-0.05, 0) is 30.2 Å². The molecule has 2 fully saturated rings. The number of aromatic nitrogens is 5. The molecule has 202 valence electrons. The summed E-state index contributed by atoms with van der Waals surface area (Å²) >= 11 is 0. The predicted molar refractivity (Wildman–Crippen MR) is 137 cm³/mol. The molecule has 1 atom stereocenters. The summed E-state index contributed by atoms with van der Waals surface area (Å²) in [5, 5.41) is 3.25. The monoisotopic (exact) mass is 538 g/mol. The molecule has 6 rings (SSSR count). The van der Waals surface area contributed by atoms with Gasteiger partial charge in [-0.2, -0.15) is 13.2 Å². The molecule has 5 heterocycles. The SMILES string of the molecule is Cc1cnc(C(F)(F)F)c(Cn2c3cc(-c4cnc(N5CCN6C(=O)NCC6C5)nc4)ccc3c(=O)n2C)c1. The number of aryl methyl sites for hydroxylation is 1. The van der Waals surface area contributed by atoms with E-state index >= 15 is 0 Å². The molecule has 0 aliphatic carbocycles. The first-order chi connectivity index (χ1) is 18.6. The molecular formula is C26H25F3N8O2. The van der Waals surface area contributed by atoms with Crippen LogP contribution in [0.2, 0.25) is 0 Å². The fourth-order valence-electron chi connectivity index (χ4n) is 5.33. The zero-order valence-corrected chi connectivity index (χ0v) is 21.2. The Bertz CT molecular complexity index is 1640. The maximum atomic E-state index is 13.7. The molecule has 1 aromatic carbocycles. The highest BCUT2D eigenvalue weighted by molar-refractivity contribution is 5.84. The number of halogens is 3. The molecule has 4 aromatic rings. The number of anilines is 1. The van der Waals surface area contributed by atoms with Gasteiger partial charge in [0.25, 0.3) is 5.56 Å². The molecule has 3 aromatic heterocycles. The van der Waals surface area contributed by atoms with Crippen molar-refractivity contribution in [2.24, 2.45) is 7.05 Å². The lowest BCUT2D eigenvalue weighted by molar-refractivity contribution is -0.141. The minimum atomic E-state index is -4.62. The zero-order valence-electron chi connectivity index (χ0n) is 21.2. The number of fused-ring (bicyclic) bond motifs is 2. The summed E-state index contributed by atoms with van der Waals surface area (Å²) in [6, 6.07) is 6.68. The molecule has 39 heavy (non-hydrogen) atoms. The molecule has 0 saturated carbocycles. The van der Waals surface area contributed by atoms with Gasteiger partial charge in [-0.3, -0.25) is 19.1 Å². The average molecular weight is 539 g/mol. The van der Waals surface area contributed by atoms with Crippen molar-refractivity contribution in [1.29, 1.82) is 0 Å². The van der Waals surface area contributed by atoms with Crippen LogP contribution in [0.25, 0.3) is 22.0 Å². The number of nitrogens with one attached hydrogen (secondary N) is 1. The summed E-state index contributed by atoms with van der Waals surface area (Å²) < 4.78 is 43.8. The maximum Gasteiger partial charge on any atom is 0.433 e. The third-order valence-corrected chi connectivity index (χ3v) is 7.34. The third kappa shape index (κ3) is 4.37. The lowest BCUT2D eigenvalue weighted by atomic mass is 10.1. The van der Waals surface area contributed by atoms with Crippen molar-refractivity contribution < 1.29 is 18.0 Å². The van der Waals surface area contributed by atoms with Crippen molar-refractivity contribution >= 4 is 22.9 Å². The van der Waals surface area contributed by atoms with Gasteiger partial charge in [-0.15, -0.1) is 0 Å². The number of carbonyl (C=O) groups excluding carboxylic acids is 1. The van der Waals surface area contributed by atoms with Gasteiger partial charge in [0, 0.05) is 62.9 Å². The first-order valence-corrected chi connectivity index (χ1v) is 12.4. The molecule has 13 heteroatoms. The molecule has 2 aliphatic heterocycles. The third-order valence-electron chi connectivity index (χ3n) is 7.34. The van der Waals surface area contributed by atoms with Gasteiger partial charge < -0.3 is 15.1 Å². The topological polar surface area (TPSA) is 101 Å². The number of amides is 2. The molecule has 2 aliphatic rings. The predicted octanol–water partition coefficient (Wildman–Crippen LogP) is 2.78. The van der Waals surface area contributed by atoms with Crippen LogP contribution >= 0.6 is 0 Å². The lowest BCUT2D eigenvalue weighted by Crippen LogP contribution is -2.52. The van der Waals surface area contributed by atoms with Crippen LogP contribution < -0.4 is 15.8 Å². The number of nitrogens with zero attached hydrogens (tertiary/aromatic N) is 7. The molecule has 10 nitrogen and oxygen atoms in total. The van der Waals surface area contributed by atoms with Crippen molar-refractivity contribution in [3.63, 3.8) is 0 Å². The van der Waals surface area contributed by atoms with Crippen LogP contribution in [0.5, 0.6) is 0 Å². The standard InChI is InChI=1S/C26H25F3N8O2/c1-15-7-17(22(30-9-15)26(27,28)29)13-37-21-8-16(3-4-20(21)23(38)34(37)2)18-10-31-24(32-11-18)35-5-6-36-19(14-35)12-33-25(36)39/h3-4,7-11,19H,5-6,12-14H2,1-2H3,(H,33,39). The highest BCUT2D eigenvalue weighted by Gasteiger charge is 2.37. The summed E-state index contributed by atoms with van der Waals surface area (Å²) in [4.78, 5) is 41.3. The second-order valence-electron chi connectivity index (χ2n) is 9.89. The molecular weight excluding hydrogens is 513 g/mol. The number of rotatable bonds is 4. The number of hydrogen-bond donors (Lipinski definition) is 1. The van der Waals surface area contributed by atoms with Gasteiger partial charge in [-0.1, -0.05) is 12.1 Å². The molecule has 2 amide bonds. The van der Waals surface area contributed by atoms with E-state index in [0.717, 1.165) is 5.56 Å². The summed E-state index contributed by atoms with van der Waals surface area (Å²) in [6.07, 6.45) is -0.0619. The van der Waals surface area contributed by atoms with Crippen LogP contribution in [0.15, 0.2) is 47.7 Å². The van der Waals surface area contributed by atoms with Gasteiger partial charge in [0.15, 0.2) is 0 Å². The van der Waals surface area contributed by atoms with E-state index < -0.39 is 11.9 Å². The Labute approximate surface area is 220 Å². The largest absolute Gasteiger partial charge is 0.433 e. The lowest BCUT2D eigenvalue weighted by Gasteiger charge is -2.36. The van der Waals surface area contributed by atoms with Gasteiger partial charge in [0.05, 0.1) is 23.5 Å². The van der Waals surface area contributed by atoms with Crippen LogP contribution in [0.1, 0.15) is 16.8 Å². The number of alkyl halides is 3.